The van der Waals surface area contributed by atoms with Crippen molar-refractivity contribution in [2.45, 2.75) is 6.54 Å². The van der Waals surface area contributed by atoms with E-state index < -0.39 is 0 Å². The van der Waals surface area contributed by atoms with E-state index in [4.69, 9.17) is 28.4 Å². The van der Waals surface area contributed by atoms with Crippen molar-refractivity contribution in [3.8, 4) is 34.5 Å². The van der Waals surface area contributed by atoms with Gasteiger partial charge in [0.1, 0.15) is 6.54 Å². The van der Waals surface area contributed by atoms with Gasteiger partial charge in [0.15, 0.2) is 35.4 Å². The number of nitrogens with zero attached hydrogens (tertiary/aromatic N) is 2. The van der Waals surface area contributed by atoms with E-state index in [0.717, 1.165) is 33.8 Å². The molecular weight excluding hydrogens is 729 g/mol. The number of ether oxygens (including phenoxy) is 6. The molecule has 0 aliphatic heterocycles. The largest absolute Gasteiger partial charge is 0.493 e. The summed E-state index contributed by atoms with van der Waals surface area (Å²) in [6, 6.07) is 11.3. The molecule has 2 aromatic carbocycles. The van der Waals surface area contributed by atoms with E-state index in [1.165, 1.54) is 0 Å². The molecule has 3 aromatic rings. The summed E-state index contributed by atoms with van der Waals surface area (Å²) in [5.41, 5.74) is 3.54. The van der Waals surface area contributed by atoms with E-state index in [1.807, 2.05) is 77.7 Å². The summed E-state index contributed by atoms with van der Waals surface area (Å²) in [4.78, 5) is 28.8. The quantitative estimate of drug-likeness (QED) is 0.0407. The molecule has 0 radical (unpaired) electrons. The van der Waals surface area contributed by atoms with Crippen LogP contribution in [0.1, 0.15) is 16.7 Å². The molecule has 0 saturated carbocycles. The first-order chi connectivity index (χ1) is 26.3. The van der Waals surface area contributed by atoms with Crippen LogP contribution in [0.3, 0.4) is 0 Å². The number of allylic oxidation sites excluding steroid dienone is 4. The van der Waals surface area contributed by atoms with Crippen molar-refractivity contribution >= 4 is 57.8 Å². The Hall–Kier alpha value is -5.34. The first-order valence-corrected chi connectivity index (χ1v) is 19.3. The number of hydrogen-bond donors (Lipinski definition) is 2. The zero-order chi connectivity index (χ0) is 39.1. The smallest absolute Gasteiger partial charge is 0.286 e. The van der Waals surface area contributed by atoms with Crippen LogP contribution in [0.5, 0.6) is 34.5 Å². The molecule has 0 atom stereocenters. The number of methoxy groups -OCH3 is 6. The van der Waals surface area contributed by atoms with E-state index >= 15 is 0 Å². The topological polar surface area (TPSA) is 130 Å². The van der Waals surface area contributed by atoms with Crippen molar-refractivity contribution in [2.24, 2.45) is 4.99 Å². The van der Waals surface area contributed by atoms with Gasteiger partial charge in [0.25, 0.3) is 5.91 Å². The minimum atomic E-state index is -0.161. The average Bonchev–Trinajstić information content (AvgIpc) is 3.20. The highest BCUT2D eigenvalue weighted by Gasteiger charge is 2.14. The molecule has 1 heterocycles. The molecule has 0 saturated heterocycles. The van der Waals surface area contributed by atoms with Crippen LogP contribution in [0.25, 0.3) is 18.2 Å². The van der Waals surface area contributed by atoms with Gasteiger partial charge in [-0.1, -0.05) is 58.5 Å². The van der Waals surface area contributed by atoms with Crippen LogP contribution in [-0.4, -0.2) is 91.8 Å². The number of hydrogen-bond acceptors (Lipinski definition) is 11. The highest BCUT2D eigenvalue weighted by Crippen LogP contribution is 2.39. The molecule has 0 spiro atoms. The summed E-state index contributed by atoms with van der Waals surface area (Å²) in [5, 5.41) is 5.81. The van der Waals surface area contributed by atoms with E-state index in [1.54, 1.807) is 82.6 Å². The monoisotopic (exact) mass is 777 g/mol. The Morgan fingerprint density at radius 2 is 1.19 bits per heavy atom. The lowest BCUT2D eigenvalue weighted by molar-refractivity contribution is -0.684. The van der Waals surface area contributed by atoms with Gasteiger partial charge in [0.05, 0.1) is 42.7 Å². The van der Waals surface area contributed by atoms with Crippen molar-refractivity contribution in [2.75, 3.05) is 73.8 Å². The molecule has 14 heteroatoms. The van der Waals surface area contributed by atoms with Crippen LogP contribution in [0, 0.1) is 0 Å². The maximum Gasteiger partial charge on any atom is 0.286 e. The van der Waals surface area contributed by atoms with E-state index in [-0.39, 0.29) is 24.9 Å². The van der Waals surface area contributed by atoms with Crippen molar-refractivity contribution in [3.05, 3.63) is 95.9 Å². The fourth-order valence-corrected chi connectivity index (χ4v) is 6.60. The summed E-state index contributed by atoms with van der Waals surface area (Å²) >= 11 is 0. The van der Waals surface area contributed by atoms with Gasteiger partial charge in [0, 0.05) is 42.9 Å². The molecule has 2 N–H and O–H groups in total. The number of carbonyl (C=O) groups excluding carboxylic acids is 2. The van der Waals surface area contributed by atoms with Crippen molar-refractivity contribution in [1.82, 2.24) is 10.6 Å². The van der Waals surface area contributed by atoms with Crippen LogP contribution in [-0.2, 0) is 16.1 Å². The zero-order valence-electron chi connectivity index (χ0n) is 31.6. The molecule has 0 fully saturated rings. The third kappa shape index (κ3) is 14.2. The van der Waals surface area contributed by atoms with Gasteiger partial charge in [-0.3, -0.25) is 14.6 Å². The van der Waals surface area contributed by atoms with Crippen LogP contribution in [0.15, 0.2) is 84.2 Å². The Labute approximate surface area is 325 Å². The molecule has 12 nitrogen and oxygen atoms in total. The highest BCUT2D eigenvalue weighted by atomic mass is 33.1. The van der Waals surface area contributed by atoms with Crippen molar-refractivity contribution in [3.63, 3.8) is 0 Å². The summed E-state index contributed by atoms with van der Waals surface area (Å²) in [7, 11) is 12.7. The SMILES string of the molecule is C=CC(/C=C/c1cc(OC)c(OC)c(OC)c1)=C\C=N\CC(=O)NCCSSCCNC(=O)C[n+]1ccc(/C=C/c2cc(OC)c(OC)c(OC)c2)cc1. The first kappa shape index (κ1) is 43.1. The number of amides is 2. The fourth-order valence-electron chi connectivity index (χ4n) is 4.79. The Balaban J connectivity index is 1.29. The number of benzene rings is 2. The standard InChI is InChI=1S/C40H48N4O8S2/c1-8-29(9-11-31-23-33(47-2)39(51-6)34(24-31)48-3)13-16-41-27-37(45)42-17-21-53-54-22-18-43-38(46)28-44-19-14-30(15-20-44)10-12-32-25-35(49-4)40(52-7)36(26-32)50-5/h8-16,19-20,23-26H,1,17-18,21-22,27-28H2,2-7H3,(H-,42,43,45,46)/p+1/b11-9+,12-10+,29-13+,41-16+. The normalized spacial score (nSPS) is 11.5. The Bertz CT molecular complexity index is 1760. The molecule has 54 heavy (non-hydrogen) atoms. The molecule has 0 bridgehead atoms. The van der Waals surface area contributed by atoms with Gasteiger partial charge in [-0.05, 0) is 52.6 Å². The summed E-state index contributed by atoms with van der Waals surface area (Å²) < 4.78 is 34.2. The fraction of sp³-hybridized carbons (Fsp3) is 0.300. The molecular formula is C40H49N4O8S2+. The Kier molecular flexibility index (Phi) is 19.2. The minimum absolute atomic E-state index is 0.0216. The first-order valence-electron chi connectivity index (χ1n) is 16.8. The molecule has 0 aliphatic rings. The molecule has 1 aromatic heterocycles. The lowest BCUT2D eigenvalue weighted by atomic mass is 10.1. The Morgan fingerprint density at radius 1 is 0.704 bits per heavy atom. The van der Waals surface area contributed by atoms with E-state index in [2.05, 4.69) is 22.2 Å². The number of carbonyl (C=O) groups is 2. The third-order valence-electron chi connectivity index (χ3n) is 7.50. The molecule has 0 unspecified atom stereocenters. The number of aliphatic imine (C=N–C) groups is 1. The van der Waals surface area contributed by atoms with Crippen LogP contribution in [0.4, 0.5) is 0 Å². The second kappa shape index (κ2) is 24.1. The molecule has 288 valence electrons. The lowest BCUT2D eigenvalue weighted by Crippen LogP contribution is -2.42. The van der Waals surface area contributed by atoms with Gasteiger partial charge >= 0.3 is 0 Å². The predicted octanol–water partition coefficient (Wildman–Crippen LogP) is 5.71. The van der Waals surface area contributed by atoms with Gasteiger partial charge < -0.3 is 39.1 Å². The summed E-state index contributed by atoms with van der Waals surface area (Å²) in [6.07, 6.45) is 16.5. The predicted molar refractivity (Wildman–Crippen MR) is 219 cm³/mol. The van der Waals surface area contributed by atoms with Gasteiger partial charge in [-0.25, -0.2) is 0 Å². The number of aromatic nitrogens is 1. The third-order valence-corrected chi connectivity index (χ3v) is 9.90. The maximum absolute atomic E-state index is 12.4. The lowest BCUT2D eigenvalue weighted by Gasteiger charge is -2.12. The molecule has 2 amide bonds. The average molecular weight is 778 g/mol. The zero-order valence-corrected chi connectivity index (χ0v) is 33.2. The number of nitrogens with one attached hydrogen (secondary N) is 2. The molecule has 3 rings (SSSR count). The molecule has 0 aliphatic carbocycles. The van der Waals surface area contributed by atoms with E-state index in [0.29, 0.717) is 47.6 Å². The summed E-state index contributed by atoms with van der Waals surface area (Å²) in [6.45, 7) is 5.16. The second-order valence-corrected chi connectivity index (χ2v) is 13.8. The summed E-state index contributed by atoms with van der Waals surface area (Å²) in [5.74, 6) is 4.61. The van der Waals surface area contributed by atoms with Crippen LogP contribution < -0.4 is 43.6 Å². The second-order valence-electron chi connectivity index (χ2n) is 11.1. The van der Waals surface area contributed by atoms with Gasteiger partial charge in [0.2, 0.25) is 24.0 Å². The highest BCUT2D eigenvalue weighted by molar-refractivity contribution is 8.76. The maximum atomic E-state index is 12.4. The minimum Gasteiger partial charge on any atom is -0.493 e. The number of pyridine rings is 1. The number of rotatable bonds is 23. The van der Waals surface area contributed by atoms with Gasteiger partial charge in [-0.15, -0.1) is 0 Å². The van der Waals surface area contributed by atoms with Crippen LogP contribution in [0.2, 0.25) is 0 Å². The van der Waals surface area contributed by atoms with E-state index in [9.17, 15) is 9.59 Å². The van der Waals surface area contributed by atoms with Crippen molar-refractivity contribution in [1.29, 1.82) is 0 Å². The van der Waals surface area contributed by atoms with Crippen molar-refractivity contribution < 1.29 is 42.6 Å². The van der Waals surface area contributed by atoms with Crippen LogP contribution >= 0.6 is 21.6 Å². The Morgan fingerprint density at radius 3 is 1.67 bits per heavy atom. The van der Waals surface area contributed by atoms with Gasteiger partial charge in [-0.2, -0.15) is 4.57 Å².